The summed E-state index contributed by atoms with van der Waals surface area (Å²) < 4.78 is 4.14. The van der Waals surface area contributed by atoms with E-state index in [9.17, 15) is 0 Å². The van der Waals surface area contributed by atoms with Gasteiger partial charge in [0.1, 0.15) is 11.7 Å². The van der Waals surface area contributed by atoms with E-state index in [-0.39, 0.29) is 5.84 Å². The number of benzene rings is 2. The fraction of sp³-hybridized carbons (Fsp3) is 0.150. The number of hydrogen-bond donors (Lipinski definition) is 3. The van der Waals surface area contributed by atoms with Gasteiger partial charge >= 0.3 is 0 Å². The maximum absolute atomic E-state index is 7.45. The highest BCUT2D eigenvalue weighted by Gasteiger charge is 2.09. The Labute approximate surface area is 157 Å². The molecule has 0 atom stereocenters. The zero-order valence-electron chi connectivity index (χ0n) is 15.1. The first-order valence-electron chi connectivity index (χ1n) is 8.68. The third kappa shape index (κ3) is 3.52. The van der Waals surface area contributed by atoms with Gasteiger partial charge in [0.15, 0.2) is 0 Å². The number of anilines is 1. The molecule has 136 valence electrons. The Kier molecular flexibility index (Phi) is 4.33. The lowest BCUT2D eigenvalue weighted by Gasteiger charge is -2.07. The molecule has 2 heterocycles. The van der Waals surface area contributed by atoms with E-state index in [1.165, 1.54) is 5.56 Å². The molecule has 0 radical (unpaired) electrons. The van der Waals surface area contributed by atoms with E-state index in [0.717, 1.165) is 29.1 Å². The molecule has 0 fully saturated rings. The number of nitrogen functional groups attached to an aromatic ring is 1. The minimum absolute atomic E-state index is 0.0726. The summed E-state index contributed by atoms with van der Waals surface area (Å²) in [6.45, 7) is 1.39. The van der Waals surface area contributed by atoms with Gasteiger partial charge in [-0.2, -0.15) is 0 Å². The lowest BCUT2D eigenvalue weighted by atomic mass is 10.2. The highest BCUT2D eigenvalue weighted by atomic mass is 15.1. The van der Waals surface area contributed by atoms with Gasteiger partial charge in [-0.25, -0.2) is 9.97 Å². The molecule has 4 rings (SSSR count). The summed E-state index contributed by atoms with van der Waals surface area (Å²) in [4.78, 5) is 8.87. The van der Waals surface area contributed by atoms with Gasteiger partial charge < -0.3 is 20.2 Å². The lowest BCUT2D eigenvalue weighted by Crippen LogP contribution is -2.11. The zero-order valence-corrected chi connectivity index (χ0v) is 15.1. The highest BCUT2D eigenvalue weighted by Crippen LogP contribution is 2.19. The van der Waals surface area contributed by atoms with Crippen molar-refractivity contribution in [1.82, 2.24) is 19.1 Å². The normalized spacial score (nSPS) is 11.0. The maximum Gasteiger partial charge on any atom is 0.128 e. The molecule has 2 aromatic heterocycles. The number of rotatable bonds is 6. The van der Waals surface area contributed by atoms with E-state index in [1.807, 2.05) is 48.4 Å². The molecule has 4 aromatic rings. The van der Waals surface area contributed by atoms with Crippen LogP contribution < -0.4 is 11.1 Å². The van der Waals surface area contributed by atoms with Crippen molar-refractivity contribution < 1.29 is 0 Å². The summed E-state index contributed by atoms with van der Waals surface area (Å²) in [6, 6.07) is 13.9. The Hall–Kier alpha value is -3.61. The summed E-state index contributed by atoms with van der Waals surface area (Å²) in [5.41, 5.74) is 10.5. The Morgan fingerprint density at radius 2 is 2.00 bits per heavy atom. The number of fused-ring (bicyclic) bond motifs is 1. The predicted molar refractivity (Wildman–Crippen MR) is 107 cm³/mol. The molecular weight excluding hydrogens is 338 g/mol. The molecule has 2 aromatic carbocycles. The summed E-state index contributed by atoms with van der Waals surface area (Å²) in [6.07, 6.45) is 5.55. The van der Waals surface area contributed by atoms with Gasteiger partial charge in [0.25, 0.3) is 0 Å². The quantitative estimate of drug-likeness (QED) is 0.364. The topological polar surface area (TPSA) is 97.5 Å². The van der Waals surface area contributed by atoms with E-state index < -0.39 is 0 Å². The van der Waals surface area contributed by atoms with E-state index in [0.29, 0.717) is 12.1 Å². The third-order valence-electron chi connectivity index (χ3n) is 4.61. The molecule has 4 N–H and O–H groups in total. The Morgan fingerprint density at radius 1 is 1.19 bits per heavy atom. The number of hydrogen-bond acceptors (Lipinski definition) is 4. The summed E-state index contributed by atoms with van der Waals surface area (Å²) in [5.74, 6) is 1.03. The number of nitrogens with zero attached hydrogens (tertiary/aromatic N) is 4. The van der Waals surface area contributed by atoms with Crippen molar-refractivity contribution in [3.05, 3.63) is 78.1 Å². The molecule has 0 aliphatic heterocycles. The third-order valence-corrected chi connectivity index (χ3v) is 4.61. The number of amidine groups is 1. The van der Waals surface area contributed by atoms with Crippen molar-refractivity contribution in [2.24, 2.45) is 12.8 Å². The van der Waals surface area contributed by atoms with E-state index in [2.05, 4.69) is 33.1 Å². The number of imidazole rings is 2. The average molecular weight is 359 g/mol. The average Bonchev–Trinajstić information content (AvgIpc) is 3.28. The second-order valence-corrected chi connectivity index (χ2v) is 6.49. The standard InChI is InChI=1S/C20H21N7/c1-26-18-7-2-14(12-27-9-8-23-13-27)10-17(18)25-19(26)11-24-16-5-3-15(4-6-16)20(21)22/h2-10,13,24H,11-12H2,1H3,(H3,21,22). The zero-order chi connectivity index (χ0) is 18.8. The molecule has 0 saturated carbocycles. The molecule has 0 aliphatic rings. The van der Waals surface area contributed by atoms with Gasteiger partial charge in [0.2, 0.25) is 0 Å². The monoisotopic (exact) mass is 359 g/mol. The summed E-state index contributed by atoms with van der Waals surface area (Å²) >= 11 is 0. The van der Waals surface area contributed by atoms with Crippen LogP contribution in [0.5, 0.6) is 0 Å². The van der Waals surface area contributed by atoms with Crippen molar-refractivity contribution in [2.45, 2.75) is 13.1 Å². The van der Waals surface area contributed by atoms with Gasteiger partial charge in [-0.3, -0.25) is 5.41 Å². The van der Waals surface area contributed by atoms with Crippen LogP contribution in [0.25, 0.3) is 11.0 Å². The van der Waals surface area contributed by atoms with Crippen molar-refractivity contribution in [1.29, 1.82) is 5.41 Å². The Morgan fingerprint density at radius 3 is 2.70 bits per heavy atom. The van der Waals surface area contributed by atoms with Crippen molar-refractivity contribution in [3.63, 3.8) is 0 Å². The predicted octanol–water partition coefficient (Wildman–Crippen LogP) is 2.71. The minimum atomic E-state index is 0.0726. The number of aryl methyl sites for hydroxylation is 1. The summed E-state index contributed by atoms with van der Waals surface area (Å²) in [7, 11) is 2.03. The first kappa shape index (κ1) is 16.8. The maximum atomic E-state index is 7.45. The van der Waals surface area contributed by atoms with E-state index in [1.54, 1.807) is 6.20 Å². The smallest absolute Gasteiger partial charge is 0.128 e. The molecule has 27 heavy (non-hydrogen) atoms. The molecule has 0 amide bonds. The highest BCUT2D eigenvalue weighted by molar-refractivity contribution is 5.95. The molecule has 7 nitrogen and oxygen atoms in total. The SMILES string of the molecule is Cn1c(CNc2ccc(C(=N)N)cc2)nc2cc(Cn3ccnc3)ccc21. The van der Waals surface area contributed by atoms with Crippen LogP contribution >= 0.6 is 0 Å². The van der Waals surface area contributed by atoms with Gasteiger partial charge in [-0.1, -0.05) is 6.07 Å². The van der Waals surface area contributed by atoms with E-state index in [4.69, 9.17) is 16.1 Å². The second kappa shape index (κ2) is 6.95. The first-order chi connectivity index (χ1) is 13.1. The van der Waals surface area contributed by atoms with Gasteiger partial charge in [-0.15, -0.1) is 0 Å². The van der Waals surface area contributed by atoms with Crippen LogP contribution in [-0.2, 0) is 20.1 Å². The Bertz CT molecular complexity index is 1080. The van der Waals surface area contributed by atoms with Crippen LogP contribution in [-0.4, -0.2) is 24.9 Å². The van der Waals surface area contributed by atoms with Crippen LogP contribution in [0, 0.1) is 5.41 Å². The molecule has 0 aliphatic carbocycles. The van der Waals surface area contributed by atoms with Crippen molar-refractivity contribution in [3.8, 4) is 0 Å². The Balaban J connectivity index is 1.51. The van der Waals surface area contributed by atoms with Crippen LogP contribution in [0.4, 0.5) is 5.69 Å². The van der Waals surface area contributed by atoms with Crippen LogP contribution in [0.2, 0.25) is 0 Å². The molecular formula is C20H21N7. The van der Waals surface area contributed by atoms with Crippen molar-refractivity contribution in [2.75, 3.05) is 5.32 Å². The van der Waals surface area contributed by atoms with Gasteiger partial charge in [0.05, 0.1) is 23.9 Å². The molecule has 7 heteroatoms. The largest absolute Gasteiger partial charge is 0.384 e. The number of nitrogens with one attached hydrogen (secondary N) is 2. The molecule has 0 saturated heterocycles. The minimum Gasteiger partial charge on any atom is -0.384 e. The number of aromatic nitrogens is 4. The fourth-order valence-corrected chi connectivity index (χ4v) is 3.09. The lowest BCUT2D eigenvalue weighted by molar-refractivity contribution is 0.798. The second-order valence-electron chi connectivity index (χ2n) is 6.49. The van der Waals surface area contributed by atoms with Crippen LogP contribution in [0.1, 0.15) is 17.0 Å². The van der Waals surface area contributed by atoms with Crippen molar-refractivity contribution >= 4 is 22.6 Å². The first-order valence-corrected chi connectivity index (χ1v) is 8.68. The fourth-order valence-electron chi connectivity index (χ4n) is 3.09. The summed E-state index contributed by atoms with van der Waals surface area (Å²) in [5, 5.41) is 10.8. The number of nitrogens with two attached hydrogens (primary N) is 1. The molecule has 0 unspecified atom stereocenters. The molecule has 0 spiro atoms. The van der Waals surface area contributed by atoms with Gasteiger partial charge in [0, 0.05) is 37.2 Å². The van der Waals surface area contributed by atoms with E-state index >= 15 is 0 Å². The van der Waals surface area contributed by atoms with Crippen LogP contribution in [0.15, 0.2) is 61.2 Å². The van der Waals surface area contributed by atoms with Crippen LogP contribution in [0.3, 0.4) is 0 Å². The van der Waals surface area contributed by atoms with Gasteiger partial charge in [-0.05, 0) is 42.0 Å². The molecule has 0 bridgehead atoms.